The van der Waals surface area contributed by atoms with E-state index in [1.165, 1.54) is 75.5 Å². The molecule has 2 atom stereocenters. The number of nitrogens with two attached hydrogens (primary N) is 1. The maximum absolute atomic E-state index is 12.2. The van der Waals surface area contributed by atoms with Crippen LogP contribution < -0.4 is 5.73 Å². The van der Waals surface area contributed by atoms with E-state index in [0.717, 1.165) is 5.56 Å². The van der Waals surface area contributed by atoms with Crippen molar-refractivity contribution in [1.82, 2.24) is 0 Å². The fraction of sp³-hybridized carbons (Fsp3) is 0.548. The van der Waals surface area contributed by atoms with E-state index in [2.05, 4.69) is 18.8 Å². The van der Waals surface area contributed by atoms with Crippen LogP contribution in [0.3, 0.4) is 0 Å². The van der Waals surface area contributed by atoms with Crippen molar-refractivity contribution in [2.24, 2.45) is 23.0 Å². The number of hydrogen-bond donors (Lipinski definition) is 1. The second kappa shape index (κ2) is 17.2. The number of rotatable bonds is 6. The number of terminal acetylenes is 2. The fourth-order valence-electron chi connectivity index (χ4n) is 5.11. The number of carbonyl (C=O) groups excluding carboxylic acids is 2. The van der Waals surface area contributed by atoms with Crippen LogP contribution in [0.25, 0.3) is 0 Å². The molecule has 2 heterocycles. The SMILES string of the molecule is C#C[C@@](C)(CC(=O)c1ccsc1)C1CCCCC1.C#C[C@@](C)(N)C1CCCCC1.Cl.O=C(Cl)c1ccsc1. The first kappa shape index (κ1) is 34.4. The molecular formula is C31H41Cl2NO2S2. The van der Waals surface area contributed by atoms with Crippen molar-refractivity contribution in [1.29, 1.82) is 0 Å². The van der Waals surface area contributed by atoms with Crippen LogP contribution in [0.1, 0.15) is 105 Å². The minimum Gasteiger partial charge on any atom is -0.315 e. The molecule has 0 aliphatic heterocycles. The molecule has 2 N–H and O–H groups in total. The van der Waals surface area contributed by atoms with Crippen molar-refractivity contribution in [2.75, 3.05) is 0 Å². The van der Waals surface area contributed by atoms with Gasteiger partial charge in [-0.3, -0.25) is 9.59 Å². The van der Waals surface area contributed by atoms with Gasteiger partial charge in [-0.2, -0.15) is 22.7 Å². The van der Waals surface area contributed by atoms with Gasteiger partial charge in [0.2, 0.25) is 0 Å². The van der Waals surface area contributed by atoms with Gasteiger partial charge in [0.25, 0.3) is 5.24 Å². The smallest absolute Gasteiger partial charge is 0.253 e. The highest BCUT2D eigenvalue weighted by Gasteiger charge is 2.35. The molecule has 2 fully saturated rings. The summed E-state index contributed by atoms with van der Waals surface area (Å²) in [6.07, 6.45) is 24.2. The molecule has 2 saturated carbocycles. The summed E-state index contributed by atoms with van der Waals surface area (Å²) in [5.74, 6) is 6.88. The van der Waals surface area contributed by atoms with Crippen LogP contribution in [0.2, 0.25) is 0 Å². The molecule has 0 spiro atoms. The standard InChI is InChI=1S/C16H20OS.C10H17N.C5H3ClOS.ClH/c1-3-16(2,14-7-5-4-6-8-14)11-15(17)13-9-10-18-12-13;1-3-10(2,11)9-7-5-4-6-8-9;6-5(7)4-1-2-8-3-4;/h1,9-10,12,14H,4-8,11H2,2H3;1,9H,4-8,11H2,2H3;1-3H;1H/t16-;10-;;/m01../s1. The minimum atomic E-state index is -0.383. The molecule has 0 amide bonds. The van der Waals surface area contributed by atoms with Crippen molar-refractivity contribution in [3.8, 4) is 24.7 Å². The third kappa shape index (κ3) is 10.9. The molecular weight excluding hydrogens is 553 g/mol. The highest BCUT2D eigenvalue weighted by Crippen LogP contribution is 2.41. The molecule has 4 rings (SSSR count). The first-order valence-electron chi connectivity index (χ1n) is 13.1. The van der Waals surface area contributed by atoms with Gasteiger partial charge in [-0.05, 0) is 85.9 Å². The Hall–Kier alpha value is -1.60. The van der Waals surface area contributed by atoms with Crippen molar-refractivity contribution >= 4 is 57.7 Å². The van der Waals surface area contributed by atoms with Gasteiger partial charge in [0.15, 0.2) is 5.78 Å². The third-order valence-electron chi connectivity index (χ3n) is 7.72. The van der Waals surface area contributed by atoms with Crippen LogP contribution in [-0.4, -0.2) is 16.6 Å². The summed E-state index contributed by atoms with van der Waals surface area (Å²) in [4.78, 5) is 22.5. The molecule has 0 radical (unpaired) electrons. The molecule has 2 aromatic rings. The quantitative estimate of drug-likeness (QED) is 0.206. The Kier molecular flexibility index (Phi) is 15.6. The van der Waals surface area contributed by atoms with Gasteiger partial charge in [0, 0.05) is 33.7 Å². The summed E-state index contributed by atoms with van der Waals surface area (Å²) in [7, 11) is 0. The van der Waals surface area contributed by atoms with Crippen molar-refractivity contribution in [3.63, 3.8) is 0 Å². The zero-order valence-electron chi connectivity index (χ0n) is 22.5. The molecule has 7 heteroatoms. The first-order valence-corrected chi connectivity index (χ1v) is 15.4. The van der Waals surface area contributed by atoms with E-state index in [-0.39, 0.29) is 34.4 Å². The number of ketones is 1. The molecule has 2 aliphatic rings. The summed E-state index contributed by atoms with van der Waals surface area (Å²) >= 11 is 8.14. The molecule has 0 saturated heterocycles. The Balaban J connectivity index is 0.000000309. The number of halogens is 2. The lowest BCUT2D eigenvalue weighted by Gasteiger charge is -2.35. The molecule has 0 aromatic carbocycles. The summed E-state index contributed by atoms with van der Waals surface area (Å²) in [5.41, 5.74) is 6.73. The Labute approximate surface area is 248 Å². The fourth-order valence-corrected chi connectivity index (χ4v) is 6.59. The minimum absolute atomic E-state index is 0. The first-order chi connectivity index (χ1) is 17.6. The number of carbonyl (C=O) groups is 2. The molecule has 2 aliphatic carbocycles. The Bertz CT molecular complexity index is 1040. The van der Waals surface area contributed by atoms with Crippen LogP contribution in [0.5, 0.6) is 0 Å². The van der Waals surface area contributed by atoms with Crippen LogP contribution in [0, 0.1) is 41.9 Å². The van der Waals surface area contributed by atoms with E-state index in [1.54, 1.807) is 22.8 Å². The summed E-state index contributed by atoms with van der Waals surface area (Å²) < 4.78 is 0. The molecule has 0 unspecified atom stereocenters. The van der Waals surface area contributed by atoms with Gasteiger partial charge in [-0.1, -0.05) is 50.4 Å². The van der Waals surface area contributed by atoms with Gasteiger partial charge in [0.1, 0.15) is 0 Å². The van der Waals surface area contributed by atoms with Crippen LogP contribution in [0.15, 0.2) is 33.7 Å². The summed E-state index contributed by atoms with van der Waals surface area (Å²) in [5, 5.41) is 7.01. The highest BCUT2D eigenvalue weighted by atomic mass is 35.5. The molecule has 208 valence electrons. The second-order valence-electron chi connectivity index (χ2n) is 10.6. The Morgan fingerprint density at radius 1 is 0.895 bits per heavy atom. The lowest BCUT2D eigenvalue weighted by molar-refractivity contribution is 0.0892. The van der Waals surface area contributed by atoms with Crippen LogP contribution in [-0.2, 0) is 0 Å². The highest BCUT2D eigenvalue weighted by molar-refractivity contribution is 7.08. The van der Waals surface area contributed by atoms with E-state index in [4.69, 9.17) is 30.2 Å². The molecule has 2 aromatic heterocycles. The van der Waals surface area contributed by atoms with Gasteiger partial charge in [0.05, 0.1) is 5.54 Å². The van der Waals surface area contributed by atoms with E-state index in [1.807, 2.05) is 29.1 Å². The predicted molar refractivity (Wildman–Crippen MR) is 167 cm³/mol. The summed E-state index contributed by atoms with van der Waals surface area (Å²) in [6.45, 7) is 4.07. The average molecular weight is 595 g/mol. The molecule has 38 heavy (non-hydrogen) atoms. The molecule has 3 nitrogen and oxygen atoms in total. The van der Waals surface area contributed by atoms with Crippen LogP contribution in [0.4, 0.5) is 0 Å². The Morgan fingerprint density at radius 2 is 1.37 bits per heavy atom. The van der Waals surface area contributed by atoms with Crippen molar-refractivity contribution < 1.29 is 9.59 Å². The third-order valence-corrected chi connectivity index (χ3v) is 9.30. The van der Waals surface area contributed by atoms with E-state index in [0.29, 0.717) is 23.8 Å². The number of hydrogen-bond acceptors (Lipinski definition) is 5. The largest absolute Gasteiger partial charge is 0.315 e. The lowest BCUT2D eigenvalue weighted by atomic mass is 9.67. The maximum atomic E-state index is 12.2. The topological polar surface area (TPSA) is 60.2 Å². The van der Waals surface area contributed by atoms with Gasteiger partial charge < -0.3 is 5.73 Å². The van der Waals surface area contributed by atoms with Crippen molar-refractivity contribution in [3.05, 3.63) is 44.8 Å². The number of thiophene rings is 2. The van der Waals surface area contributed by atoms with Gasteiger partial charge >= 0.3 is 0 Å². The maximum Gasteiger partial charge on any atom is 0.253 e. The zero-order valence-corrected chi connectivity index (χ0v) is 25.8. The average Bonchev–Trinajstić information content (AvgIpc) is 3.66. The second-order valence-corrected chi connectivity index (χ2v) is 12.5. The monoisotopic (exact) mass is 593 g/mol. The number of Topliss-reactive ketones (excluding diaryl/α,β-unsaturated/α-hetero) is 1. The van der Waals surface area contributed by atoms with Gasteiger partial charge in [-0.25, -0.2) is 0 Å². The van der Waals surface area contributed by atoms with Crippen molar-refractivity contribution in [2.45, 2.75) is 90.0 Å². The summed E-state index contributed by atoms with van der Waals surface area (Å²) in [6, 6.07) is 3.59. The lowest BCUT2D eigenvalue weighted by Crippen LogP contribution is -2.43. The van der Waals surface area contributed by atoms with E-state index < -0.39 is 0 Å². The molecule has 0 bridgehead atoms. The van der Waals surface area contributed by atoms with E-state index >= 15 is 0 Å². The predicted octanol–water partition coefficient (Wildman–Crippen LogP) is 9.01. The van der Waals surface area contributed by atoms with Crippen LogP contribution >= 0.6 is 46.7 Å². The normalized spacial score (nSPS) is 18.8. The van der Waals surface area contributed by atoms with Gasteiger partial charge in [-0.15, -0.1) is 25.3 Å². The zero-order chi connectivity index (χ0) is 27.3. The Morgan fingerprint density at radius 3 is 1.74 bits per heavy atom. The van der Waals surface area contributed by atoms with E-state index in [9.17, 15) is 9.59 Å².